The van der Waals surface area contributed by atoms with Crippen LogP contribution in [-0.4, -0.2) is 67.4 Å². The summed E-state index contributed by atoms with van der Waals surface area (Å²) in [5, 5.41) is 22.4. The lowest BCUT2D eigenvalue weighted by molar-refractivity contribution is 0.0682. The molecule has 1 heterocycles. The molecule has 0 amide bonds. The standard InChI is InChI=1S/C35H38N2O5/c1-4-42-27-19-26(21-36-20-24-11-9-15-30(34(24)38)28-13-5-7-17-32(28)40-2)37(23-27)22-25-12-10-16-31(35(25)39)29-14-6-8-18-33(29)41-3/h5-18,20,26-27,38-39H,4,19,21-23H2,1-3H3/t26-,27+/m0/s1. The van der Waals surface area contributed by atoms with Crippen LogP contribution < -0.4 is 9.47 Å². The van der Waals surface area contributed by atoms with E-state index in [1.165, 1.54) is 0 Å². The van der Waals surface area contributed by atoms with Crippen LogP contribution >= 0.6 is 0 Å². The van der Waals surface area contributed by atoms with Crippen LogP contribution in [0.5, 0.6) is 23.0 Å². The van der Waals surface area contributed by atoms with Gasteiger partial charge in [0.1, 0.15) is 23.0 Å². The van der Waals surface area contributed by atoms with Crippen LogP contribution in [0.15, 0.2) is 89.9 Å². The number of ether oxygens (including phenoxy) is 3. The van der Waals surface area contributed by atoms with Crippen molar-refractivity contribution >= 4 is 6.21 Å². The molecular formula is C35H38N2O5. The van der Waals surface area contributed by atoms with E-state index in [9.17, 15) is 10.2 Å². The van der Waals surface area contributed by atoms with Crippen LogP contribution in [-0.2, 0) is 11.3 Å². The predicted octanol–water partition coefficient (Wildman–Crippen LogP) is 6.55. The minimum atomic E-state index is 0.0945. The van der Waals surface area contributed by atoms with Gasteiger partial charge in [0.2, 0.25) is 0 Å². The molecule has 0 saturated carbocycles. The Kier molecular flexibility index (Phi) is 9.41. The second-order valence-electron chi connectivity index (χ2n) is 10.3. The highest BCUT2D eigenvalue weighted by molar-refractivity contribution is 5.89. The summed E-state index contributed by atoms with van der Waals surface area (Å²) in [5.41, 5.74) is 4.60. The van der Waals surface area contributed by atoms with Crippen LogP contribution in [0.3, 0.4) is 0 Å². The van der Waals surface area contributed by atoms with E-state index in [1.54, 1.807) is 20.4 Å². The van der Waals surface area contributed by atoms with E-state index >= 15 is 0 Å². The number of nitrogens with zero attached hydrogens (tertiary/aromatic N) is 2. The van der Waals surface area contributed by atoms with E-state index < -0.39 is 0 Å². The molecule has 1 fully saturated rings. The second-order valence-corrected chi connectivity index (χ2v) is 10.3. The first-order valence-corrected chi connectivity index (χ1v) is 14.3. The van der Waals surface area contributed by atoms with E-state index in [0.29, 0.717) is 42.3 Å². The molecule has 0 unspecified atom stereocenters. The number of likely N-dealkylation sites (tertiary alicyclic amines) is 1. The molecule has 0 radical (unpaired) electrons. The molecule has 0 bridgehead atoms. The maximum Gasteiger partial charge on any atom is 0.132 e. The second kappa shape index (κ2) is 13.6. The normalized spacial score (nSPS) is 17.1. The SMILES string of the molecule is CCO[C@@H]1C[C@@H](CN=Cc2cccc(-c3ccccc3OC)c2O)N(Cc2cccc(-c3ccccc3OC)c2O)C1. The van der Waals surface area contributed by atoms with Gasteiger partial charge in [-0.3, -0.25) is 9.89 Å². The fourth-order valence-electron chi connectivity index (χ4n) is 5.72. The first-order valence-electron chi connectivity index (χ1n) is 14.3. The first-order chi connectivity index (χ1) is 20.5. The summed E-state index contributed by atoms with van der Waals surface area (Å²) in [4.78, 5) is 7.09. The minimum Gasteiger partial charge on any atom is -0.507 e. The third-order valence-electron chi connectivity index (χ3n) is 7.79. The maximum atomic E-state index is 11.3. The van der Waals surface area contributed by atoms with Crippen molar-refractivity contribution in [2.75, 3.05) is 33.9 Å². The first kappa shape index (κ1) is 29.2. The van der Waals surface area contributed by atoms with Gasteiger partial charge in [0.25, 0.3) is 0 Å². The molecule has 7 heteroatoms. The lowest BCUT2D eigenvalue weighted by Crippen LogP contribution is -2.31. The highest BCUT2D eigenvalue weighted by Gasteiger charge is 2.33. The van der Waals surface area contributed by atoms with Crippen molar-refractivity contribution < 1.29 is 24.4 Å². The molecule has 2 atom stereocenters. The molecule has 0 aliphatic carbocycles. The largest absolute Gasteiger partial charge is 0.507 e. The van der Waals surface area contributed by atoms with E-state index in [0.717, 1.165) is 35.2 Å². The number of benzene rings is 4. The van der Waals surface area contributed by atoms with Gasteiger partial charge in [-0.15, -0.1) is 0 Å². The third-order valence-corrected chi connectivity index (χ3v) is 7.79. The van der Waals surface area contributed by atoms with Gasteiger partial charge in [-0.05, 0) is 31.5 Å². The van der Waals surface area contributed by atoms with Crippen molar-refractivity contribution in [2.45, 2.75) is 32.0 Å². The zero-order chi connectivity index (χ0) is 29.5. The molecule has 7 nitrogen and oxygen atoms in total. The Morgan fingerprint density at radius 1 is 0.786 bits per heavy atom. The van der Waals surface area contributed by atoms with E-state index in [4.69, 9.17) is 19.2 Å². The van der Waals surface area contributed by atoms with Crippen molar-refractivity contribution in [1.82, 2.24) is 4.90 Å². The number of rotatable bonds is 11. The van der Waals surface area contributed by atoms with E-state index in [1.807, 2.05) is 91.9 Å². The highest BCUT2D eigenvalue weighted by atomic mass is 16.5. The van der Waals surface area contributed by atoms with Gasteiger partial charge in [-0.1, -0.05) is 66.7 Å². The fourth-order valence-corrected chi connectivity index (χ4v) is 5.72. The number of para-hydroxylation sites is 4. The number of hydrogen-bond acceptors (Lipinski definition) is 7. The summed E-state index contributed by atoms with van der Waals surface area (Å²) in [6.45, 7) is 4.51. The monoisotopic (exact) mass is 566 g/mol. The number of aromatic hydroxyl groups is 2. The molecule has 5 rings (SSSR count). The van der Waals surface area contributed by atoms with Gasteiger partial charge in [0.15, 0.2) is 0 Å². The Balaban J connectivity index is 1.35. The van der Waals surface area contributed by atoms with Crippen molar-refractivity contribution in [2.24, 2.45) is 4.99 Å². The Morgan fingerprint density at radius 3 is 2.02 bits per heavy atom. The van der Waals surface area contributed by atoms with Crippen molar-refractivity contribution in [3.05, 3.63) is 96.1 Å². The Bertz CT molecular complexity index is 1540. The summed E-state index contributed by atoms with van der Waals surface area (Å²) in [5.74, 6) is 1.83. The summed E-state index contributed by atoms with van der Waals surface area (Å²) in [6, 6.07) is 26.9. The molecule has 2 N–H and O–H groups in total. The number of hydrogen-bond donors (Lipinski definition) is 2. The molecule has 1 aliphatic heterocycles. The average Bonchev–Trinajstić information content (AvgIpc) is 3.39. The quantitative estimate of drug-likeness (QED) is 0.200. The average molecular weight is 567 g/mol. The molecule has 4 aromatic rings. The number of phenolic OH excluding ortho intramolecular Hbond substituents is 2. The predicted molar refractivity (Wildman–Crippen MR) is 167 cm³/mol. The minimum absolute atomic E-state index is 0.0945. The molecule has 4 aromatic carbocycles. The maximum absolute atomic E-state index is 11.3. The number of methoxy groups -OCH3 is 2. The lowest BCUT2D eigenvalue weighted by Gasteiger charge is -2.24. The summed E-state index contributed by atoms with van der Waals surface area (Å²) in [6.07, 6.45) is 2.67. The molecule has 1 aliphatic rings. The zero-order valence-corrected chi connectivity index (χ0v) is 24.4. The van der Waals surface area contributed by atoms with Crippen LogP contribution in [0.1, 0.15) is 24.5 Å². The van der Waals surface area contributed by atoms with Gasteiger partial charge < -0.3 is 24.4 Å². The summed E-state index contributed by atoms with van der Waals surface area (Å²) in [7, 11) is 3.26. The fraction of sp³-hybridized carbons (Fsp3) is 0.286. The Labute approximate surface area is 247 Å². The number of aliphatic imine (C=N–C) groups is 1. The number of phenols is 2. The van der Waals surface area contributed by atoms with Gasteiger partial charge in [-0.2, -0.15) is 0 Å². The van der Waals surface area contributed by atoms with E-state index in [-0.39, 0.29) is 23.6 Å². The highest BCUT2D eigenvalue weighted by Crippen LogP contribution is 2.39. The zero-order valence-electron chi connectivity index (χ0n) is 24.4. The van der Waals surface area contributed by atoms with Crippen molar-refractivity contribution in [3.8, 4) is 45.3 Å². The third kappa shape index (κ3) is 6.27. The van der Waals surface area contributed by atoms with Crippen LogP contribution in [0, 0.1) is 0 Å². The van der Waals surface area contributed by atoms with E-state index in [2.05, 4.69) is 4.90 Å². The van der Waals surface area contributed by atoms with Gasteiger partial charge >= 0.3 is 0 Å². The molecule has 42 heavy (non-hydrogen) atoms. The van der Waals surface area contributed by atoms with Crippen LogP contribution in [0.25, 0.3) is 22.3 Å². The van der Waals surface area contributed by atoms with Gasteiger partial charge in [-0.25, -0.2) is 0 Å². The van der Waals surface area contributed by atoms with Crippen LogP contribution in [0.4, 0.5) is 0 Å². The van der Waals surface area contributed by atoms with Gasteiger partial charge in [0.05, 0.1) is 26.9 Å². The molecule has 0 spiro atoms. The van der Waals surface area contributed by atoms with Crippen molar-refractivity contribution in [3.63, 3.8) is 0 Å². The lowest BCUT2D eigenvalue weighted by atomic mass is 10.00. The summed E-state index contributed by atoms with van der Waals surface area (Å²) < 4.78 is 17.0. The molecular weight excluding hydrogens is 528 g/mol. The van der Waals surface area contributed by atoms with Crippen molar-refractivity contribution in [1.29, 1.82) is 0 Å². The van der Waals surface area contributed by atoms with Crippen LogP contribution in [0.2, 0.25) is 0 Å². The molecule has 218 valence electrons. The molecule has 1 saturated heterocycles. The smallest absolute Gasteiger partial charge is 0.132 e. The Morgan fingerprint density at radius 2 is 1.38 bits per heavy atom. The van der Waals surface area contributed by atoms with Gasteiger partial charge in [0, 0.05) is 65.3 Å². The Hall–Kier alpha value is -4.33. The summed E-state index contributed by atoms with van der Waals surface area (Å²) >= 11 is 0. The molecule has 0 aromatic heterocycles. The topological polar surface area (TPSA) is 83.8 Å².